The van der Waals surface area contributed by atoms with Crippen molar-refractivity contribution in [1.82, 2.24) is 30.1 Å². The minimum Gasteiger partial charge on any atom is -0.459 e. The van der Waals surface area contributed by atoms with Crippen LogP contribution in [0.3, 0.4) is 0 Å². The molecule has 4 aromatic rings. The van der Waals surface area contributed by atoms with Crippen molar-refractivity contribution in [2.45, 2.75) is 6.54 Å². The summed E-state index contributed by atoms with van der Waals surface area (Å²) in [5.41, 5.74) is 1.03. The fourth-order valence-corrected chi connectivity index (χ4v) is 3.50. The van der Waals surface area contributed by atoms with E-state index in [1.54, 1.807) is 17.0 Å². The molecule has 4 heterocycles. The van der Waals surface area contributed by atoms with Gasteiger partial charge in [0.2, 0.25) is 23.3 Å². The van der Waals surface area contributed by atoms with Crippen molar-refractivity contribution in [3.05, 3.63) is 54.4 Å². The van der Waals surface area contributed by atoms with Gasteiger partial charge in [0.15, 0.2) is 5.76 Å². The molecule has 3 aromatic heterocycles. The van der Waals surface area contributed by atoms with Gasteiger partial charge in [0.25, 0.3) is 5.89 Å². The predicted octanol–water partition coefficient (Wildman–Crippen LogP) is 1.81. The van der Waals surface area contributed by atoms with Crippen LogP contribution in [-0.4, -0.2) is 62.2 Å². The van der Waals surface area contributed by atoms with E-state index in [4.69, 9.17) is 8.83 Å². The molecule has 0 saturated carbocycles. The molecule has 1 aliphatic rings. The number of rotatable bonds is 5. The van der Waals surface area contributed by atoms with E-state index in [-0.39, 0.29) is 24.0 Å². The molecule has 11 heteroatoms. The first-order valence-electron chi connectivity index (χ1n) is 10.0. The molecule has 5 rings (SSSR count). The van der Waals surface area contributed by atoms with Crippen LogP contribution in [-0.2, 0) is 11.3 Å². The maximum atomic E-state index is 12.7. The van der Waals surface area contributed by atoms with Gasteiger partial charge in [-0.1, -0.05) is 30.3 Å². The van der Waals surface area contributed by atoms with E-state index < -0.39 is 0 Å². The Hall–Kier alpha value is -4.46. The number of nitrogens with zero attached hydrogens (tertiary/aromatic N) is 8. The van der Waals surface area contributed by atoms with Crippen LogP contribution in [0.25, 0.3) is 23.0 Å². The number of tetrazole rings is 1. The standard InChI is InChI=1S/C21H18N8O3/c22-13-16-21(32-20(23-16)17-7-4-12-31-17)28-10-8-27(9-11-28)18(30)14-29-25-19(24-26-29)15-5-2-1-3-6-15/h1-7,12H,8-11,14H2. The minimum absolute atomic E-state index is 0.00816. The Morgan fingerprint density at radius 2 is 1.91 bits per heavy atom. The van der Waals surface area contributed by atoms with Gasteiger partial charge in [-0.2, -0.15) is 15.0 Å². The maximum Gasteiger partial charge on any atom is 0.266 e. The summed E-state index contributed by atoms with van der Waals surface area (Å²) in [6.45, 7) is 1.97. The second kappa shape index (κ2) is 8.35. The summed E-state index contributed by atoms with van der Waals surface area (Å²) in [6, 6.07) is 15.0. The number of piperazine rings is 1. The van der Waals surface area contributed by atoms with Crippen molar-refractivity contribution in [1.29, 1.82) is 5.26 Å². The fraction of sp³-hybridized carbons (Fsp3) is 0.238. The Morgan fingerprint density at radius 3 is 2.62 bits per heavy atom. The lowest BCUT2D eigenvalue weighted by atomic mass is 10.2. The normalized spacial score (nSPS) is 13.8. The molecule has 0 N–H and O–H groups in total. The third-order valence-electron chi connectivity index (χ3n) is 5.13. The van der Waals surface area contributed by atoms with Crippen LogP contribution in [0.2, 0.25) is 0 Å². The van der Waals surface area contributed by atoms with Gasteiger partial charge in [0.05, 0.1) is 6.26 Å². The van der Waals surface area contributed by atoms with Gasteiger partial charge < -0.3 is 18.6 Å². The molecule has 0 unspecified atom stereocenters. The molecule has 1 saturated heterocycles. The molecule has 1 fully saturated rings. The topological polar surface area (TPSA) is 130 Å². The molecule has 0 atom stereocenters. The van der Waals surface area contributed by atoms with E-state index >= 15 is 0 Å². The molecular formula is C21H18N8O3. The van der Waals surface area contributed by atoms with Gasteiger partial charge in [-0.25, -0.2) is 0 Å². The largest absolute Gasteiger partial charge is 0.459 e. The summed E-state index contributed by atoms with van der Waals surface area (Å²) in [6.07, 6.45) is 1.52. The highest BCUT2D eigenvalue weighted by Gasteiger charge is 2.27. The second-order valence-electron chi connectivity index (χ2n) is 7.14. The fourth-order valence-electron chi connectivity index (χ4n) is 3.50. The highest BCUT2D eigenvalue weighted by Crippen LogP contribution is 2.29. The lowest BCUT2D eigenvalue weighted by Gasteiger charge is -2.34. The molecule has 1 aromatic carbocycles. The number of hydrogen-bond acceptors (Lipinski definition) is 9. The predicted molar refractivity (Wildman–Crippen MR) is 111 cm³/mol. The van der Waals surface area contributed by atoms with Crippen LogP contribution in [0, 0.1) is 11.3 Å². The van der Waals surface area contributed by atoms with Gasteiger partial charge in [-0.15, -0.1) is 10.2 Å². The summed E-state index contributed by atoms with van der Waals surface area (Å²) in [5.74, 6) is 1.47. The number of nitriles is 1. The molecule has 0 spiro atoms. The van der Waals surface area contributed by atoms with E-state index in [0.717, 1.165) is 5.56 Å². The van der Waals surface area contributed by atoms with Crippen molar-refractivity contribution in [2.24, 2.45) is 0 Å². The van der Waals surface area contributed by atoms with Gasteiger partial charge in [-0.3, -0.25) is 4.79 Å². The SMILES string of the molecule is N#Cc1nc(-c2ccco2)oc1N1CCN(C(=O)Cn2nnc(-c3ccccc3)n2)CC1. The molecule has 160 valence electrons. The Bertz CT molecular complexity index is 1250. The number of carbonyl (C=O) groups is 1. The summed E-state index contributed by atoms with van der Waals surface area (Å²) in [5, 5.41) is 21.7. The number of amides is 1. The minimum atomic E-state index is -0.101. The summed E-state index contributed by atoms with van der Waals surface area (Å²) >= 11 is 0. The molecule has 1 amide bonds. The Labute approximate surface area is 182 Å². The lowest BCUT2D eigenvalue weighted by molar-refractivity contribution is -0.132. The van der Waals surface area contributed by atoms with Gasteiger partial charge in [-0.05, 0) is 17.3 Å². The molecule has 0 aliphatic carbocycles. The van der Waals surface area contributed by atoms with Crippen molar-refractivity contribution in [3.8, 4) is 29.1 Å². The van der Waals surface area contributed by atoms with E-state index in [1.165, 1.54) is 11.1 Å². The Morgan fingerprint density at radius 1 is 1.09 bits per heavy atom. The number of aromatic nitrogens is 5. The van der Waals surface area contributed by atoms with Crippen LogP contribution >= 0.6 is 0 Å². The monoisotopic (exact) mass is 430 g/mol. The van der Waals surface area contributed by atoms with Crippen molar-refractivity contribution in [3.63, 3.8) is 0 Å². The van der Waals surface area contributed by atoms with Gasteiger partial charge in [0.1, 0.15) is 12.6 Å². The number of hydrogen-bond donors (Lipinski definition) is 0. The molecule has 0 bridgehead atoms. The summed E-state index contributed by atoms with van der Waals surface area (Å²) in [4.78, 5) is 21.9. The zero-order valence-corrected chi connectivity index (χ0v) is 17.0. The molecule has 0 radical (unpaired) electrons. The van der Waals surface area contributed by atoms with Crippen molar-refractivity contribution < 1.29 is 13.6 Å². The van der Waals surface area contributed by atoms with Gasteiger partial charge >= 0.3 is 0 Å². The second-order valence-corrected chi connectivity index (χ2v) is 7.14. The highest BCUT2D eigenvalue weighted by atomic mass is 16.4. The first-order chi connectivity index (χ1) is 15.7. The van der Waals surface area contributed by atoms with E-state index in [9.17, 15) is 10.1 Å². The Balaban J connectivity index is 1.21. The van der Waals surface area contributed by atoms with Crippen LogP contribution < -0.4 is 4.90 Å². The number of carbonyl (C=O) groups excluding carboxylic acids is 1. The zero-order chi connectivity index (χ0) is 21.9. The quantitative estimate of drug-likeness (QED) is 0.465. The van der Waals surface area contributed by atoms with E-state index in [2.05, 4.69) is 26.5 Å². The van der Waals surface area contributed by atoms with Crippen molar-refractivity contribution >= 4 is 11.8 Å². The van der Waals surface area contributed by atoms with Crippen molar-refractivity contribution in [2.75, 3.05) is 31.1 Å². The van der Waals surface area contributed by atoms with Crippen LogP contribution in [0.5, 0.6) is 0 Å². The smallest absolute Gasteiger partial charge is 0.266 e. The van der Waals surface area contributed by atoms with E-state index in [1.807, 2.05) is 35.2 Å². The lowest BCUT2D eigenvalue weighted by Crippen LogP contribution is -2.49. The van der Waals surface area contributed by atoms with Crippen LogP contribution in [0.15, 0.2) is 57.6 Å². The first kappa shape index (κ1) is 19.5. The number of oxazole rings is 1. The third-order valence-corrected chi connectivity index (χ3v) is 5.13. The van der Waals surface area contributed by atoms with Gasteiger partial charge in [0, 0.05) is 31.7 Å². The molecule has 1 aliphatic heterocycles. The van der Waals surface area contributed by atoms with E-state index in [0.29, 0.717) is 43.6 Å². The highest BCUT2D eigenvalue weighted by molar-refractivity contribution is 5.76. The maximum absolute atomic E-state index is 12.7. The zero-order valence-electron chi connectivity index (χ0n) is 17.0. The van der Waals surface area contributed by atoms with Crippen LogP contribution in [0.4, 0.5) is 5.88 Å². The first-order valence-corrected chi connectivity index (χ1v) is 10.0. The molecule has 11 nitrogen and oxygen atoms in total. The molecule has 32 heavy (non-hydrogen) atoms. The number of benzene rings is 1. The average molecular weight is 430 g/mol. The summed E-state index contributed by atoms with van der Waals surface area (Å²) < 4.78 is 11.1. The molecular weight excluding hydrogens is 412 g/mol. The number of anilines is 1. The number of furan rings is 1. The average Bonchev–Trinajstić information content (AvgIpc) is 3.60. The Kier molecular flexibility index (Phi) is 5.09. The summed E-state index contributed by atoms with van der Waals surface area (Å²) in [7, 11) is 0. The van der Waals surface area contributed by atoms with Crippen LogP contribution in [0.1, 0.15) is 5.69 Å². The third kappa shape index (κ3) is 3.81.